The molecule has 0 bridgehead atoms. The summed E-state index contributed by atoms with van der Waals surface area (Å²) < 4.78 is 28.8. The average molecular weight is 839 g/mol. The number of ether oxygens (including phenoxy) is 5. The summed E-state index contributed by atoms with van der Waals surface area (Å²) in [5.74, 6) is -2.52. The van der Waals surface area contributed by atoms with E-state index in [1.54, 1.807) is 0 Å². The van der Waals surface area contributed by atoms with Crippen LogP contribution >= 0.6 is 0 Å². The van der Waals surface area contributed by atoms with Crippen molar-refractivity contribution in [2.75, 3.05) is 13.7 Å². The van der Waals surface area contributed by atoms with Crippen LogP contribution in [0.15, 0.2) is 11.6 Å². The Morgan fingerprint density at radius 1 is 0.746 bits per heavy atom. The number of carboxylic acids is 1. The van der Waals surface area contributed by atoms with Crippen molar-refractivity contribution in [3.63, 3.8) is 0 Å². The molecule has 2 aliphatic heterocycles. The van der Waals surface area contributed by atoms with Crippen LogP contribution in [0.5, 0.6) is 0 Å². The number of fused-ring (bicyclic) bond motifs is 7. The first kappa shape index (κ1) is 44.8. The first-order chi connectivity index (χ1) is 27.5. The minimum atomic E-state index is -1.81. The molecule has 2 heterocycles. The lowest BCUT2D eigenvalue weighted by Gasteiger charge is -2.71. The number of carbonyl (C=O) groups is 3. The van der Waals surface area contributed by atoms with Crippen molar-refractivity contribution in [3.05, 3.63) is 11.6 Å². The quantitative estimate of drug-likeness (QED) is 0.103. The van der Waals surface area contributed by atoms with Crippen molar-refractivity contribution in [3.8, 4) is 0 Å². The maximum absolute atomic E-state index is 14.7. The molecule has 334 valence electrons. The Morgan fingerprint density at radius 3 is 2.03 bits per heavy atom. The van der Waals surface area contributed by atoms with Gasteiger partial charge in [-0.15, -0.1) is 0 Å². The minimum Gasteiger partial charge on any atom is -0.479 e. The molecule has 2 unspecified atom stereocenters. The second-order valence-corrected chi connectivity index (χ2v) is 20.6. The van der Waals surface area contributed by atoms with Gasteiger partial charge >= 0.3 is 17.9 Å². The standard InChI is InChI=1S/C43H66O16/c1-38(2)23-10-13-42(6)24(40(23,4)12-11-25(38)57-35-31(50)28(47)29(48)32(58-35)33(51)52)9-8-20-21-18-39(3,36(53)55-7)14-16-43(21,17-15-41(20,42)5)37(54)59-34-30(49)27(46)26(45)22(19-44)56-34/h8,21-32,34-35,44-50H,9-19H2,1-7H3,(H,51,52)/t21-,22+,23?,24?,25-,26+,27-,28-,29-,30+,31+,32-,34-,35+,39-,40-,41+,42+,43-/m0/s1. The van der Waals surface area contributed by atoms with E-state index < -0.39 is 114 Å². The summed E-state index contributed by atoms with van der Waals surface area (Å²) in [6, 6.07) is 0. The molecule has 16 nitrogen and oxygen atoms in total. The lowest BCUT2D eigenvalue weighted by atomic mass is 9.33. The van der Waals surface area contributed by atoms with Crippen molar-refractivity contribution >= 4 is 17.9 Å². The molecule has 7 rings (SSSR count). The SMILES string of the molecule is COC(=O)[C@@]1(C)CC[C@]2(C(=O)O[C@@H]3O[C@H](CO)[C@@H](O)[C@H](O)[C@H]3O)CC[C@]3(C)C(=CCC4[C@@]5(C)CC[C@H](O[C@@H]6O[C@H](C(=O)O)[C@@H](O)[C@H](O)[C@H]6O)C(C)(C)C5CC[C@]43C)[C@@H]2C1. The fourth-order valence-electron chi connectivity index (χ4n) is 13.8. The zero-order valence-corrected chi connectivity index (χ0v) is 35.3. The Labute approximate surface area is 345 Å². The molecular weight excluding hydrogens is 772 g/mol. The summed E-state index contributed by atoms with van der Waals surface area (Å²) >= 11 is 0. The van der Waals surface area contributed by atoms with Gasteiger partial charge in [-0.25, -0.2) is 4.79 Å². The molecule has 7 aliphatic rings. The van der Waals surface area contributed by atoms with E-state index in [4.69, 9.17) is 23.7 Å². The van der Waals surface area contributed by atoms with Gasteiger partial charge in [-0.2, -0.15) is 0 Å². The molecule has 2 saturated heterocycles. The van der Waals surface area contributed by atoms with Gasteiger partial charge in [0.25, 0.3) is 0 Å². The first-order valence-corrected chi connectivity index (χ1v) is 21.4. The van der Waals surface area contributed by atoms with E-state index in [9.17, 15) is 55.2 Å². The van der Waals surface area contributed by atoms with Crippen LogP contribution < -0.4 is 0 Å². The van der Waals surface area contributed by atoms with Crippen LogP contribution in [0.2, 0.25) is 0 Å². The normalized spacial score (nSPS) is 51.7. The molecule has 0 amide bonds. The maximum Gasteiger partial charge on any atom is 0.335 e. The number of hydrogen-bond acceptors (Lipinski definition) is 15. The third-order valence-electron chi connectivity index (χ3n) is 17.6. The van der Waals surface area contributed by atoms with Gasteiger partial charge in [0.05, 0.1) is 30.7 Å². The van der Waals surface area contributed by atoms with Gasteiger partial charge in [0, 0.05) is 0 Å². The molecule has 5 aliphatic carbocycles. The average Bonchev–Trinajstić information content (AvgIpc) is 3.18. The zero-order chi connectivity index (χ0) is 43.4. The van der Waals surface area contributed by atoms with Crippen LogP contribution in [-0.4, -0.2) is 140 Å². The summed E-state index contributed by atoms with van der Waals surface area (Å²) in [4.78, 5) is 39.9. The monoisotopic (exact) mass is 838 g/mol. The molecule has 0 radical (unpaired) electrons. The number of aliphatic hydroxyl groups is 7. The molecule has 16 heteroatoms. The summed E-state index contributed by atoms with van der Waals surface area (Å²) in [5.41, 5.74) is -2.15. The third-order valence-corrected chi connectivity index (χ3v) is 17.6. The van der Waals surface area contributed by atoms with E-state index in [0.29, 0.717) is 44.9 Å². The van der Waals surface area contributed by atoms with Gasteiger partial charge < -0.3 is 64.5 Å². The van der Waals surface area contributed by atoms with Crippen LogP contribution in [-0.2, 0) is 38.1 Å². The smallest absolute Gasteiger partial charge is 0.335 e. The highest BCUT2D eigenvalue weighted by atomic mass is 16.7. The summed E-state index contributed by atoms with van der Waals surface area (Å²) in [6.07, 6.45) is -8.69. The molecule has 0 aromatic rings. The first-order valence-electron chi connectivity index (χ1n) is 21.4. The number of methoxy groups -OCH3 is 1. The Morgan fingerprint density at radius 2 is 1.39 bits per heavy atom. The van der Waals surface area contributed by atoms with E-state index in [2.05, 4.69) is 40.7 Å². The molecule has 4 saturated carbocycles. The highest BCUT2D eigenvalue weighted by molar-refractivity contribution is 5.81. The molecule has 0 aromatic carbocycles. The molecule has 6 fully saturated rings. The van der Waals surface area contributed by atoms with Crippen LogP contribution in [0.1, 0.15) is 106 Å². The Bertz CT molecular complexity index is 1680. The predicted octanol–water partition coefficient (Wildman–Crippen LogP) is 1.56. The Balaban J connectivity index is 1.19. The predicted molar refractivity (Wildman–Crippen MR) is 204 cm³/mol. The summed E-state index contributed by atoms with van der Waals surface area (Å²) in [6.45, 7) is 12.5. The van der Waals surface area contributed by atoms with Crippen molar-refractivity contribution in [1.82, 2.24) is 0 Å². The molecule has 8 N–H and O–H groups in total. The second-order valence-electron chi connectivity index (χ2n) is 20.6. The van der Waals surface area contributed by atoms with Crippen LogP contribution in [0, 0.1) is 50.2 Å². The van der Waals surface area contributed by atoms with Crippen molar-refractivity contribution in [1.29, 1.82) is 0 Å². The number of aliphatic carboxylic acids is 1. The number of carboxylic acid groups (broad SMARTS) is 1. The zero-order valence-electron chi connectivity index (χ0n) is 35.3. The van der Waals surface area contributed by atoms with E-state index in [0.717, 1.165) is 24.8 Å². The van der Waals surface area contributed by atoms with E-state index in [1.807, 2.05) is 6.92 Å². The second kappa shape index (κ2) is 15.2. The number of allylic oxidation sites excluding steroid dienone is 2. The Hall–Kier alpha value is -2.25. The number of aliphatic hydroxyl groups excluding tert-OH is 7. The van der Waals surface area contributed by atoms with Gasteiger partial charge in [0.2, 0.25) is 6.29 Å². The van der Waals surface area contributed by atoms with Gasteiger partial charge in [-0.3, -0.25) is 9.59 Å². The van der Waals surface area contributed by atoms with Crippen molar-refractivity contribution in [2.24, 2.45) is 50.2 Å². The lowest BCUT2D eigenvalue weighted by molar-refractivity contribution is -0.324. The topological polar surface area (TPSA) is 259 Å². The fraction of sp³-hybridized carbons (Fsp3) is 0.884. The fourth-order valence-corrected chi connectivity index (χ4v) is 13.8. The van der Waals surface area contributed by atoms with E-state index in [-0.39, 0.29) is 28.6 Å². The van der Waals surface area contributed by atoms with Gasteiger partial charge in [-0.1, -0.05) is 46.3 Å². The number of rotatable bonds is 7. The van der Waals surface area contributed by atoms with Crippen LogP contribution in [0.3, 0.4) is 0 Å². The number of esters is 2. The maximum atomic E-state index is 14.7. The van der Waals surface area contributed by atoms with Crippen LogP contribution in [0.4, 0.5) is 0 Å². The van der Waals surface area contributed by atoms with Gasteiger partial charge in [-0.05, 0) is 111 Å². The molecule has 0 spiro atoms. The highest BCUT2D eigenvalue weighted by Gasteiger charge is 2.70. The molecule has 0 aromatic heterocycles. The van der Waals surface area contributed by atoms with Gasteiger partial charge in [0.1, 0.15) is 42.7 Å². The van der Waals surface area contributed by atoms with Crippen LogP contribution in [0.25, 0.3) is 0 Å². The third kappa shape index (κ3) is 6.56. The van der Waals surface area contributed by atoms with Crippen molar-refractivity contribution < 1.29 is 78.9 Å². The van der Waals surface area contributed by atoms with Gasteiger partial charge in [0.15, 0.2) is 12.4 Å². The highest BCUT2D eigenvalue weighted by Crippen LogP contribution is 2.76. The summed E-state index contributed by atoms with van der Waals surface area (Å²) in [5, 5.41) is 82.6. The molecule has 59 heavy (non-hydrogen) atoms. The van der Waals surface area contributed by atoms with E-state index >= 15 is 0 Å². The molecular formula is C43H66O16. The number of carbonyl (C=O) groups excluding carboxylic acids is 2. The summed E-state index contributed by atoms with van der Waals surface area (Å²) in [7, 11) is 1.37. The largest absolute Gasteiger partial charge is 0.479 e. The van der Waals surface area contributed by atoms with E-state index in [1.165, 1.54) is 7.11 Å². The molecule has 19 atom stereocenters. The lowest BCUT2D eigenvalue weighted by Crippen LogP contribution is -2.66. The van der Waals surface area contributed by atoms with Crippen molar-refractivity contribution in [2.45, 2.75) is 173 Å². The minimum absolute atomic E-state index is 0.144. The Kier molecular flexibility index (Phi) is 11.6. The number of hydrogen-bond donors (Lipinski definition) is 8.